The third kappa shape index (κ3) is 7.26. The van der Waals surface area contributed by atoms with Gasteiger partial charge in [0.15, 0.2) is 5.69 Å². The Morgan fingerprint density at radius 1 is 1.18 bits per heavy atom. The average Bonchev–Trinajstić information content (AvgIpc) is 3.26. The Balaban J connectivity index is 1.87. The summed E-state index contributed by atoms with van der Waals surface area (Å²) >= 11 is 0. The zero-order valence-electron chi connectivity index (χ0n) is 23.4. The monoisotopic (exact) mass is 572 g/mol. The molecule has 3 rings (SSSR count). The minimum atomic E-state index is -4.40. The number of amides is 1. The summed E-state index contributed by atoms with van der Waals surface area (Å²) < 4.78 is 70.1. The standard InChI is InChI=1S/C27H39F3N4O4S/c1-7-34-25(21-13-10-19(14-22(21)38-5)32-17(4)27(28,29)30)23(16(2)3)24(33-34)26(35)31-15-18-8-11-20(12-9-18)39(6,36)37/h10,13-14,16-18,20,32H,7-9,11-12,15H2,1-6H3,(H,31,35)/t17-,18?,20?/m1/s1. The van der Waals surface area contributed by atoms with Gasteiger partial charge in [-0.05, 0) is 63.5 Å². The normalized spacial score (nSPS) is 19.1. The van der Waals surface area contributed by atoms with Crippen molar-refractivity contribution in [1.82, 2.24) is 15.1 Å². The second-order valence-corrected chi connectivity index (χ2v) is 12.9. The largest absolute Gasteiger partial charge is 0.496 e. The van der Waals surface area contributed by atoms with Crippen molar-refractivity contribution in [3.63, 3.8) is 0 Å². The molecular weight excluding hydrogens is 533 g/mol. The average molecular weight is 573 g/mol. The van der Waals surface area contributed by atoms with Crippen LogP contribution in [0.5, 0.6) is 5.75 Å². The van der Waals surface area contributed by atoms with Crippen molar-refractivity contribution in [2.45, 2.75) is 83.3 Å². The summed E-state index contributed by atoms with van der Waals surface area (Å²) in [5, 5.41) is 9.76. The molecule has 1 aromatic carbocycles. The third-order valence-corrected chi connectivity index (χ3v) is 9.04. The number of sulfone groups is 1. The Morgan fingerprint density at radius 2 is 1.82 bits per heavy atom. The summed E-state index contributed by atoms with van der Waals surface area (Å²) in [5.41, 5.74) is 2.58. The summed E-state index contributed by atoms with van der Waals surface area (Å²) in [7, 11) is -1.61. The van der Waals surface area contributed by atoms with Crippen LogP contribution in [0.1, 0.15) is 75.3 Å². The fraction of sp³-hybridized carbons (Fsp3) is 0.630. The number of carbonyl (C=O) groups excluding carboxylic acids is 1. The number of hydrogen-bond acceptors (Lipinski definition) is 6. The highest BCUT2D eigenvalue weighted by Gasteiger charge is 2.36. The van der Waals surface area contributed by atoms with Gasteiger partial charge in [0.05, 0.1) is 18.1 Å². The van der Waals surface area contributed by atoms with Crippen molar-refractivity contribution in [2.24, 2.45) is 5.92 Å². The van der Waals surface area contributed by atoms with Crippen molar-refractivity contribution in [2.75, 3.05) is 25.2 Å². The topological polar surface area (TPSA) is 102 Å². The summed E-state index contributed by atoms with van der Waals surface area (Å²) in [4.78, 5) is 13.3. The van der Waals surface area contributed by atoms with Crippen LogP contribution in [0.3, 0.4) is 0 Å². The second kappa shape index (κ2) is 12.2. The number of rotatable bonds is 10. The van der Waals surface area contributed by atoms with Gasteiger partial charge in [0.25, 0.3) is 5.91 Å². The van der Waals surface area contributed by atoms with Gasteiger partial charge in [-0.1, -0.05) is 13.8 Å². The molecular formula is C27H39F3N4O4S. The Labute approximate surface area is 228 Å². The van der Waals surface area contributed by atoms with Crippen LogP contribution >= 0.6 is 0 Å². The maximum atomic E-state index is 13.3. The molecule has 1 amide bonds. The number of nitrogens with zero attached hydrogens (tertiary/aromatic N) is 2. The molecule has 0 unspecified atom stereocenters. The van der Waals surface area contributed by atoms with E-state index in [1.165, 1.54) is 19.4 Å². The van der Waals surface area contributed by atoms with Gasteiger partial charge < -0.3 is 15.4 Å². The van der Waals surface area contributed by atoms with Crippen LogP contribution in [0.2, 0.25) is 0 Å². The number of halogens is 3. The Kier molecular flexibility index (Phi) is 9.61. The molecule has 1 heterocycles. The molecule has 0 bridgehead atoms. The first-order valence-corrected chi connectivity index (χ1v) is 15.2. The number of hydrogen-bond donors (Lipinski definition) is 2. The number of aryl methyl sites for hydroxylation is 1. The lowest BCUT2D eigenvalue weighted by Crippen LogP contribution is -2.34. The van der Waals surface area contributed by atoms with E-state index < -0.39 is 22.1 Å². The predicted molar refractivity (Wildman–Crippen MR) is 146 cm³/mol. The van der Waals surface area contributed by atoms with Crippen LogP contribution in [-0.2, 0) is 16.4 Å². The van der Waals surface area contributed by atoms with E-state index in [0.717, 1.165) is 25.3 Å². The van der Waals surface area contributed by atoms with Crippen LogP contribution in [0.15, 0.2) is 18.2 Å². The van der Waals surface area contributed by atoms with Gasteiger partial charge in [0.1, 0.15) is 21.6 Å². The number of carbonyl (C=O) groups is 1. The molecule has 1 atom stereocenters. The molecule has 218 valence electrons. The number of benzene rings is 1. The first-order chi connectivity index (χ1) is 18.2. The van der Waals surface area contributed by atoms with E-state index in [2.05, 4.69) is 15.7 Å². The van der Waals surface area contributed by atoms with Crippen molar-refractivity contribution in [3.05, 3.63) is 29.5 Å². The molecule has 1 saturated carbocycles. The number of alkyl halides is 3. The lowest BCUT2D eigenvalue weighted by atomic mass is 9.89. The van der Waals surface area contributed by atoms with E-state index in [-0.39, 0.29) is 28.7 Å². The van der Waals surface area contributed by atoms with E-state index in [1.807, 2.05) is 20.8 Å². The fourth-order valence-electron chi connectivity index (χ4n) is 5.10. The molecule has 0 radical (unpaired) electrons. The molecule has 39 heavy (non-hydrogen) atoms. The highest BCUT2D eigenvalue weighted by molar-refractivity contribution is 7.91. The van der Waals surface area contributed by atoms with Gasteiger partial charge in [-0.3, -0.25) is 9.48 Å². The number of nitrogens with one attached hydrogen (secondary N) is 2. The molecule has 8 nitrogen and oxygen atoms in total. The summed E-state index contributed by atoms with van der Waals surface area (Å²) in [6.45, 7) is 7.75. The van der Waals surface area contributed by atoms with Crippen molar-refractivity contribution >= 4 is 21.4 Å². The minimum Gasteiger partial charge on any atom is -0.496 e. The molecule has 1 aliphatic rings. The molecule has 2 aromatic rings. The molecule has 0 spiro atoms. The van der Waals surface area contributed by atoms with E-state index in [1.54, 1.807) is 16.8 Å². The molecule has 0 aliphatic heterocycles. The summed E-state index contributed by atoms with van der Waals surface area (Å²) in [6.07, 6.45) is -0.471. The van der Waals surface area contributed by atoms with Crippen LogP contribution in [-0.4, -0.2) is 61.5 Å². The first-order valence-electron chi connectivity index (χ1n) is 13.3. The van der Waals surface area contributed by atoms with Gasteiger partial charge in [-0.25, -0.2) is 8.42 Å². The van der Waals surface area contributed by atoms with E-state index in [0.29, 0.717) is 48.6 Å². The van der Waals surface area contributed by atoms with Gasteiger partial charge in [-0.15, -0.1) is 0 Å². The molecule has 2 N–H and O–H groups in total. The first kappa shape index (κ1) is 30.8. The summed E-state index contributed by atoms with van der Waals surface area (Å²) in [5.74, 6) is 0.162. The maximum absolute atomic E-state index is 13.3. The van der Waals surface area contributed by atoms with E-state index >= 15 is 0 Å². The Bertz CT molecular complexity index is 1270. The number of aromatic nitrogens is 2. The maximum Gasteiger partial charge on any atom is 0.408 e. The number of ether oxygens (including phenoxy) is 1. The summed E-state index contributed by atoms with van der Waals surface area (Å²) in [6, 6.07) is 3.02. The van der Waals surface area contributed by atoms with Crippen molar-refractivity contribution in [3.8, 4) is 17.0 Å². The smallest absolute Gasteiger partial charge is 0.408 e. The van der Waals surface area contributed by atoms with Crippen molar-refractivity contribution in [1.29, 1.82) is 0 Å². The minimum absolute atomic E-state index is 0.0843. The molecule has 0 saturated heterocycles. The zero-order valence-corrected chi connectivity index (χ0v) is 24.2. The molecule has 1 aliphatic carbocycles. The van der Waals surface area contributed by atoms with Crippen LogP contribution < -0.4 is 15.4 Å². The number of methoxy groups -OCH3 is 1. The predicted octanol–water partition coefficient (Wildman–Crippen LogP) is 5.40. The fourth-order valence-corrected chi connectivity index (χ4v) is 6.23. The van der Waals surface area contributed by atoms with E-state index in [9.17, 15) is 26.4 Å². The van der Waals surface area contributed by atoms with Crippen LogP contribution in [0.4, 0.5) is 18.9 Å². The molecule has 12 heteroatoms. The Morgan fingerprint density at radius 3 is 2.33 bits per heavy atom. The molecule has 1 aromatic heterocycles. The highest BCUT2D eigenvalue weighted by Crippen LogP contribution is 2.39. The zero-order chi connectivity index (χ0) is 29.1. The lowest BCUT2D eigenvalue weighted by Gasteiger charge is -2.27. The molecule has 1 fully saturated rings. The number of anilines is 1. The highest BCUT2D eigenvalue weighted by atomic mass is 32.2. The van der Waals surface area contributed by atoms with Gasteiger partial charge in [0, 0.05) is 42.2 Å². The SMILES string of the molecule is CCn1nc(C(=O)NCC2CCC(S(C)(=O)=O)CC2)c(C(C)C)c1-c1ccc(N[C@H](C)C(F)(F)F)cc1OC. The van der Waals surface area contributed by atoms with Gasteiger partial charge >= 0.3 is 6.18 Å². The Hall–Kier alpha value is -2.76. The van der Waals surface area contributed by atoms with E-state index in [4.69, 9.17) is 4.74 Å². The van der Waals surface area contributed by atoms with Gasteiger partial charge in [-0.2, -0.15) is 18.3 Å². The van der Waals surface area contributed by atoms with Crippen LogP contribution in [0, 0.1) is 5.92 Å². The second-order valence-electron chi connectivity index (χ2n) is 10.6. The van der Waals surface area contributed by atoms with Crippen LogP contribution in [0.25, 0.3) is 11.3 Å². The lowest BCUT2D eigenvalue weighted by molar-refractivity contribution is -0.138. The van der Waals surface area contributed by atoms with Crippen molar-refractivity contribution < 1.29 is 31.1 Å². The third-order valence-electron chi connectivity index (χ3n) is 7.36. The van der Waals surface area contributed by atoms with Gasteiger partial charge in [0.2, 0.25) is 0 Å². The quantitative estimate of drug-likeness (QED) is 0.396.